The van der Waals surface area contributed by atoms with Crippen LogP contribution in [0.4, 0.5) is 5.69 Å². The molecule has 232 valence electrons. The Balaban J connectivity index is 1.64. The number of hydrogen-bond donors (Lipinski definition) is 1. The number of alkyl halides is 1. The molecule has 0 aliphatic heterocycles. The zero-order valence-corrected chi connectivity index (χ0v) is 26.8. The van der Waals surface area contributed by atoms with Gasteiger partial charge in [0.05, 0.1) is 17.7 Å². The van der Waals surface area contributed by atoms with Crippen LogP contribution in [-0.4, -0.2) is 35.9 Å². The molecule has 0 aromatic heterocycles. The van der Waals surface area contributed by atoms with Gasteiger partial charge >= 0.3 is 5.97 Å². The van der Waals surface area contributed by atoms with Gasteiger partial charge in [-0.05, 0) is 54.7 Å². The van der Waals surface area contributed by atoms with E-state index in [0.29, 0.717) is 23.8 Å². The molecule has 0 heterocycles. The van der Waals surface area contributed by atoms with Gasteiger partial charge in [-0.1, -0.05) is 104 Å². The van der Waals surface area contributed by atoms with E-state index in [1.54, 1.807) is 18.4 Å². The van der Waals surface area contributed by atoms with Crippen molar-refractivity contribution in [3.63, 3.8) is 0 Å². The second kappa shape index (κ2) is 21.8. The van der Waals surface area contributed by atoms with Crippen LogP contribution in [0.1, 0.15) is 115 Å². The first-order chi connectivity index (χ1) is 20.4. The van der Waals surface area contributed by atoms with Gasteiger partial charge in [-0.3, -0.25) is 4.99 Å². The van der Waals surface area contributed by atoms with Crippen molar-refractivity contribution < 1.29 is 19.4 Å². The van der Waals surface area contributed by atoms with Crippen molar-refractivity contribution >= 4 is 35.5 Å². The molecule has 2 rings (SSSR count). The second-order valence-corrected chi connectivity index (χ2v) is 12.1. The van der Waals surface area contributed by atoms with Crippen LogP contribution in [0.15, 0.2) is 53.5 Å². The Morgan fingerprint density at radius 1 is 0.905 bits per heavy atom. The summed E-state index contributed by atoms with van der Waals surface area (Å²) in [4.78, 5) is 16.4. The van der Waals surface area contributed by atoms with Gasteiger partial charge in [-0.15, -0.1) is 11.6 Å². The molecule has 0 fully saturated rings. The van der Waals surface area contributed by atoms with Crippen LogP contribution in [-0.2, 0) is 9.53 Å². The molecule has 2 aromatic rings. The predicted octanol–water partition coefficient (Wildman–Crippen LogP) is 10.4. The van der Waals surface area contributed by atoms with Gasteiger partial charge in [0.15, 0.2) is 0 Å². The SMILES string of the molecule is CCCCCCCCCCCCCCOc1ccc(C=Nc2ccc(/C=C/C(=O)OCC(Cl)CC(C)C)cc2)c(O)c1. The summed E-state index contributed by atoms with van der Waals surface area (Å²) >= 11 is 6.17. The fourth-order valence-electron chi connectivity index (χ4n) is 4.64. The molecular weight excluding hydrogens is 546 g/mol. The smallest absolute Gasteiger partial charge is 0.330 e. The van der Waals surface area contributed by atoms with E-state index in [-0.39, 0.29) is 17.7 Å². The van der Waals surface area contributed by atoms with Crippen molar-refractivity contribution in [3.8, 4) is 11.5 Å². The number of unbranched alkanes of at least 4 members (excludes halogenated alkanes) is 11. The Hall–Kier alpha value is -2.79. The molecule has 1 atom stereocenters. The third kappa shape index (κ3) is 16.6. The average Bonchev–Trinajstić information content (AvgIpc) is 2.97. The number of phenols is 1. The van der Waals surface area contributed by atoms with Crippen LogP contribution in [0.5, 0.6) is 11.5 Å². The molecule has 0 aliphatic carbocycles. The molecule has 1 unspecified atom stereocenters. The first-order valence-electron chi connectivity index (χ1n) is 16.0. The minimum atomic E-state index is -0.413. The summed E-state index contributed by atoms with van der Waals surface area (Å²) < 4.78 is 11.0. The number of phenolic OH excluding ortho intramolecular Hbond substituents is 1. The predicted molar refractivity (Wildman–Crippen MR) is 177 cm³/mol. The van der Waals surface area contributed by atoms with Crippen molar-refractivity contribution in [2.45, 2.75) is 110 Å². The average molecular weight is 598 g/mol. The molecule has 0 spiro atoms. The van der Waals surface area contributed by atoms with E-state index in [1.807, 2.05) is 36.4 Å². The number of hydrogen-bond acceptors (Lipinski definition) is 5. The van der Waals surface area contributed by atoms with E-state index >= 15 is 0 Å². The standard InChI is InChI=1S/C36H52ClNO4/c1-4-5-6-7-8-9-10-11-12-13-14-15-24-41-34-22-19-31(35(39)26-34)27-38-33-20-16-30(17-21-33)18-23-36(40)42-28-32(37)25-29(2)3/h16-23,26-27,29,32,39H,4-15,24-25,28H2,1-3H3/b23-18+,38-27?. The highest BCUT2D eigenvalue weighted by Gasteiger charge is 2.09. The summed E-state index contributed by atoms with van der Waals surface area (Å²) in [5, 5.41) is 10.3. The highest BCUT2D eigenvalue weighted by Crippen LogP contribution is 2.24. The maximum absolute atomic E-state index is 11.9. The normalized spacial score (nSPS) is 12.4. The van der Waals surface area contributed by atoms with Gasteiger partial charge in [0.1, 0.15) is 18.1 Å². The zero-order chi connectivity index (χ0) is 30.4. The zero-order valence-electron chi connectivity index (χ0n) is 26.0. The molecule has 1 N–H and O–H groups in total. The number of ether oxygens (including phenoxy) is 2. The summed E-state index contributed by atoms with van der Waals surface area (Å²) in [6.07, 6.45) is 21.3. The number of rotatable bonds is 22. The Morgan fingerprint density at radius 3 is 2.12 bits per heavy atom. The van der Waals surface area contributed by atoms with Crippen molar-refractivity contribution in [2.24, 2.45) is 10.9 Å². The van der Waals surface area contributed by atoms with Crippen molar-refractivity contribution in [1.82, 2.24) is 0 Å². The number of nitrogens with zero attached hydrogens (tertiary/aromatic N) is 1. The number of halogens is 1. The number of carbonyl (C=O) groups is 1. The van der Waals surface area contributed by atoms with Gasteiger partial charge in [-0.25, -0.2) is 4.79 Å². The molecule has 6 heteroatoms. The van der Waals surface area contributed by atoms with Gasteiger partial charge in [0.2, 0.25) is 0 Å². The minimum Gasteiger partial charge on any atom is -0.507 e. The third-order valence-electron chi connectivity index (χ3n) is 7.06. The van der Waals surface area contributed by atoms with E-state index in [9.17, 15) is 9.90 Å². The fourth-order valence-corrected chi connectivity index (χ4v) is 5.05. The number of aliphatic imine (C=N–C) groups is 1. The Bertz CT molecular complexity index is 1060. The molecule has 0 aliphatic rings. The highest BCUT2D eigenvalue weighted by molar-refractivity contribution is 6.20. The largest absolute Gasteiger partial charge is 0.507 e. The highest BCUT2D eigenvalue weighted by atomic mass is 35.5. The van der Waals surface area contributed by atoms with Crippen LogP contribution < -0.4 is 4.74 Å². The van der Waals surface area contributed by atoms with Gasteiger partial charge in [0.25, 0.3) is 0 Å². The molecule has 0 amide bonds. The first-order valence-corrected chi connectivity index (χ1v) is 16.4. The van der Waals surface area contributed by atoms with Gasteiger partial charge in [-0.2, -0.15) is 0 Å². The van der Waals surface area contributed by atoms with E-state index in [0.717, 1.165) is 24.1 Å². The molecular formula is C36H52ClNO4. The summed E-state index contributed by atoms with van der Waals surface area (Å²) in [6, 6.07) is 12.8. The molecule has 0 saturated carbocycles. The summed E-state index contributed by atoms with van der Waals surface area (Å²) in [6.45, 7) is 7.30. The quantitative estimate of drug-likeness (QED) is 0.0482. The van der Waals surface area contributed by atoms with Crippen LogP contribution in [0.3, 0.4) is 0 Å². The molecule has 0 bridgehead atoms. The van der Waals surface area contributed by atoms with Crippen LogP contribution in [0.2, 0.25) is 0 Å². The molecule has 5 nitrogen and oxygen atoms in total. The fraction of sp³-hybridized carbons (Fsp3) is 0.556. The van der Waals surface area contributed by atoms with Crippen LogP contribution in [0, 0.1) is 5.92 Å². The lowest BCUT2D eigenvalue weighted by molar-refractivity contribution is -0.137. The second-order valence-electron chi connectivity index (χ2n) is 11.5. The van der Waals surface area contributed by atoms with Gasteiger partial charge < -0.3 is 14.6 Å². The lowest BCUT2D eigenvalue weighted by Crippen LogP contribution is -2.14. The lowest BCUT2D eigenvalue weighted by atomic mass is 10.1. The maximum Gasteiger partial charge on any atom is 0.330 e. The minimum absolute atomic E-state index is 0.136. The molecule has 0 radical (unpaired) electrons. The van der Waals surface area contributed by atoms with E-state index in [2.05, 4.69) is 25.8 Å². The number of carbonyl (C=O) groups excluding carboxylic acids is 1. The summed E-state index contributed by atoms with van der Waals surface area (Å²) in [5.41, 5.74) is 2.21. The number of esters is 1. The number of aromatic hydroxyl groups is 1. The van der Waals surface area contributed by atoms with Crippen molar-refractivity contribution in [1.29, 1.82) is 0 Å². The van der Waals surface area contributed by atoms with E-state index in [1.165, 1.54) is 76.7 Å². The Kier molecular flexibility index (Phi) is 18.4. The number of benzene rings is 2. The first kappa shape index (κ1) is 35.4. The van der Waals surface area contributed by atoms with E-state index < -0.39 is 5.97 Å². The maximum atomic E-state index is 11.9. The molecule has 2 aromatic carbocycles. The molecule has 0 saturated heterocycles. The van der Waals surface area contributed by atoms with Gasteiger partial charge in [0, 0.05) is 23.9 Å². The van der Waals surface area contributed by atoms with Crippen molar-refractivity contribution in [3.05, 3.63) is 59.7 Å². The summed E-state index contributed by atoms with van der Waals surface area (Å²) in [5.74, 6) is 0.850. The third-order valence-corrected chi connectivity index (χ3v) is 7.36. The Morgan fingerprint density at radius 2 is 1.52 bits per heavy atom. The molecule has 42 heavy (non-hydrogen) atoms. The van der Waals surface area contributed by atoms with E-state index in [4.69, 9.17) is 21.1 Å². The summed E-state index contributed by atoms with van der Waals surface area (Å²) in [7, 11) is 0. The van der Waals surface area contributed by atoms with Crippen LogP contribution >= 0.6 is 11.6 Å². The van der Waals surface area contributed by atoms with Crippen LogP contribution in [0.25, 0.3) is 6.08 Å². The Labute approximate surface area is 259 Å². The van der Waals surface area contributed by atoms with Crippen molar-refractivity contribution in [2.75, 3.05) is 13.2 Å². The monoisotopic (exact) mass is 597 g/mol. The topological polar surface area (TPSA) is 68.1 Å². The lowest BCUT2D eigenvalue weighted by Gasteiger charge is -2.11.